The Labute approximate surface area is 193 Å². The highest BCUT2D eigenvalue weighted by Gasteiger charge is 2.17. The summed E-state index contributed by atoms with van der Waals surface area (Å²) in [6.07, 6.45) is 0. The molecule has 0 aliphatic rings. The van der Waals surface area contributed by atoms with Crippen molar-refractivity contribution in [3.05, 3.63) is 95.4 Å². The zero-order chi connectivity index (χ0) is 23.8. The molecular weight excluding hydrogens is 416 g/mol. The molecule has 33 heavy (non-hydrogen) atoms. The van der Waals surface area contributed by atoms with E-state index < -0.39 is 11.8 Å². The van der Waals surface area contributed by atoms with Gasteiger partial charge in [-0.3, -0.25) is 9.59 Å². The van der Waals surface area contributed by atoms with Gasteiger partial charge in [-0.25, -0.2) is 10.9 Å². The van der Waals surface area contributed by atoms with Crippen LogP contribution in [0.15, 0.2) is 87.4 Å². The molecule has 2 N–H and O–H groups in total. The van der Waals surface area contributed by atoms with Gasteiger partial charge < -0.3 is 4.42 Å². The Bertz CT molecular complexity index is 1060. The lowest BCUT2D eigenvalue weighted by molar-refractivity contribution is 0.0902. The Morgan fingerprint density at radius 2 is 1.00 bits per heavy atom. The topological polar surface area (TPSA) is 96.1 Å². The average molecular weight is 445 g/mol. The number of rotatable bonds is 8. The number of amides is 2. The molecule has 1 heterocycles. The summed E-state index contributed by atoms with van der Waals surface area (Å²) in [5.74, 6) is -0.920. The van der Waals surface area contributed by atoms with Gasteiger partial charge in [0.05, 0.1) is 11.4 Å². The second-order valence-electron chi connectivity index (χ2n) is 8.08. The van der Waals surface area contributed by atoms with E-state index in [4.69, 9.17) is 4.42 Å². The fraction of sp³-hybridized carbons (Fsp3) is 0.231. The van der Waals surface area contributed by atoms with Crippen LogP contribution in [0.2, 0.25) is 0 Å². The Hall–Kier alpha value is -4.00. The first-order valence-electron chi connectivity index (χ1n) is 10.8. The molecule has 7 nitrogen and oxygen atoms in total. The Balaban J connectivity index is 1.69. The highest BCUT2D eigenvalue weighted by atomic mass is 16.4. The maximum absolute atomic E-state index is 12.5. The smallest absolute Gasteiger partial charge is 0.307 e. The van der Waals surface area contributed by atoms with Crippen LogP contribution in [0.4, 0.5) is 0 Å². The van der Waals surface area contributed by atoms with Gasteiger partial charge in [0.25, 0.3) is 0 Å². The maximum atomic E-state index is 12.5. The minimum absolute atomic E-state index is 0.0174. The van der Waals surface area contributed by atoms with Gasteiger partial charge in [0.1, 0.15) is 0 Å². The van der Waals surface area contributed by atoms with E-state index in [9.17, 15) is 9.59 Å². The van der Waals surface area contributed by atoms with Crippen molar-refractivity contribution in [3.8, 4) is 0 Å². The Morgan fingerprint density at radius 1 is 0.636 bits per heavy atom. The fourth-order valence-corrected chi connectivity index (χ4v) is 3.19. The fourth-order valence-electron chi connectivity index (χ4n) is 3.19. The Kier molecular flexibility index (Phi) is 7.91. The van der Waals surface area contributed by atoms with Crippen LogP contribution < -0.4 is 10.9 Å². The van der Waals surface area contributed by atoms with Gasteiger partial charge in [0.15, 0.2) is 11.5 Å². The number of hydrogen-bond donors (Lipinski definition) is 2. The van der Waals surface area contributed by atoms with E-state index in [0.29, 0.717) is 0 Å². The van der Waals surface area contributed by atoms with E-state index in [1.54, 1.807) is 0 Å². The van der Waals surface area contributed by atoms with Crippen molar-refractivity contribution in [2.24, 2.45) is 22.0 Å². The van der Waals surface area contributed by atoms with E-state index in [1.807, 2.05) is 88.4 Å². The van der Waals surface area contributed by atoms with Crippen molar-refractivity contribution in [1.82, 2.24) is 10.9 Å². The van der Waals surface area contributed by atoms with Crippen LogP contribution in [0, 0.1) is 11.8 Å². The summed E-state index contributed by atoms with van der Waals surface area (Å²) in [6, 6.07) is 22.1. The molecule has 0 atom stereocenters. The van der Waals surface area contributed by atoms with E-state index in [0.717, 1.165) is 22.6 Å². The van der Waals surface area contributed by atoms with Gasteiger partial charge in [0, 0.05) is 0 Å². The molecule has 1 aromatic heterocycles. The molecule has 7 heteroatoms. The van der Waals surface area contributed by atoms with Crippen molar-refractivity contribution in [3.63, 3.8) is 0 Å². The highest BCUT2D eigenvalue weighted by molar-refractivity contribution is 6.04. The van der Waals surface area contributed by atoms with E-state index in [-0.39, 0.29) is 23.4 Å². The Morgan fingerprint density at radius 3 is 1.33 bits per heavy atom. The molecule has 0 unspecified atom stereocenters. The first kappa shape index (κ1) is 23.7. The van der Waals surface area contributed by atoms with E-state index in [1.165, 1.54) is 12.1 Å². The molecule has 3 rings (SSSR count). The van der Waals surface area contributed by atoms with Gasteiger partial charge in [-0.15, -0.1) is 0 Å². The number of nitrogens with one attached hydrogen (secondary N) is 2. The zero-order valence-electron chi connectivity index (χ0n) is 19.2. The second-order valence-corrected chi connectivity index (χ2v) is 8.08. The van der Waals surface area contributed by atoms with Crippen molar-refractivity contribution >= 4 is 23.2 Å². The molecule has 0 fully saturated rings. The highest BCUT2D eigenvalue weighted by Crippen LogP contribution is 2.12. The molecule has 0 aliphatic heterocycles. The molecule has 0 aliphatic carbocycles. The third kappa shape index (κ3) is 6.26. The third-order valence-electron chi connectivity index (χ3n) is 4.84. The number of hydrazone groups is 2. The first-order chi connectivity index (χ1) is 15.9. The summed E-state index contributed by atoms with van der Waals surface area (Å²) in [7, 11) is 0. The van der Waals surface area contributed by atoms with Crippen LogP contribution in [0.5, 0.6) is 0 Å². The minimum Gasteiger partial charge on any atom is -0.446 e. The summed E-state index contributed by atoms with van der Waals surface area (Å²) in [5.41, 5.74) is 8.35. The lowest BCUT2D eigenvalue weighted by atomic mass is 10.0. The SMILES string of the molecule is CC(C)C(=NNC(=O)c1ccc(C(=O)NN=C(c2ccccc2)C(C)C)o1)c1ccccc1. The summed E-state index contributed by atoms with van der Waals surface area (Å²) >= 11 is 0. The van der Waals surface area contributed by atoms with Crippen molar-refractivity contribution in [1.29, 1.82) is 0 Å². The number of hydrogen-bond acceptors (Lipinski definition) is 5. The third-order valence-corrected chi connectivity index (χ3v) is 4.84. The normalized spacial score (nSPS) is 12.2. The summed E-state index contributed by atoms with van der Waals surface area (Å²) in [5, 5.41) is 8.54. The molecule has 0 radical (unpaired) electrons. The van der Waals surface area contributed by atoms with Gasteiger partial charge in [-0.05, 0) is 35.1 Å². The lowest BCUT2D eigenvalue weighted by Crippen LogP contribution is -2.23. The second kappa shape index (κ2) is 11.0. The number of carbonyl (C=O) groups is 2. The number of benzene rings is 2. The number of carbonyl (C=O) groups excluding carboxylic acids is 2. The van der Waals surface area contributed by atoms with Gasteiger partial charge in [0.2, 0.25) is 0 Å². The van der Waals surface area contributed by atoms with Crippen LogP contribution in [0.3, 0.4) is 0 Å². The largest absolute Gasteiger partial charge is 0.446 e. The monoisotopic (exact) mass is 444 g/mol. The quantitative estimate of drug-likeness (QED) is 0.384. The van der Waals surface area contributed by atoms with Crippen molar-refractivity contribution in [2.75, 3.05) is 0 Å². The molecular formula is C26H28N4O3. The molecule has 0 saturated heterocycles. The molecule has 3 aromatic rings. The molecule has 2 aromatic carbocycles. The molecule has 170 valence electrons. The van der Waals surface area contributed by atoms with Crippen LogP contribution in [0.1, 0.15) is 59.9 Å². The summed E-state index contributed by atoms with van der Waals surface area (Å²) in [6.45, 7) is 7.98. The summed E-state index contributed by atoms with van der Waals surface area (Å²) in [4.78, 5) is 25.0. The molecule has 0 saturated carbocycles. The molecule has 2 amide bonds. The maximum Gasteiger partial charge on any atom is 0.307 e. The molecule has 0 bridgehead atoms. The van der Waals surface area contributed by atoms with Crippen molar-refractivity contribution < 1.29 is 14.0 Å². The predicted octanol–water partition coefficient (Wildman–Crippen LogP) is 4.86. The van der Waals surface area contributed by atoms with Crippen LogP contribution in [-0.4, -0.2) is 23.2 Å². The van der Waals surface area contributed by atoms with Gasteiger partial charge in [-0.1, -0.05) is 88.4 Å². The van der Waals surface area contributed by atoms with E-state index in [2.05, 4.69) is 21.1 Å². The van der Waals surface area contributed by atoms with Gasteiger partial charge in [-0.2, -0.15) is 10.2 Å². The number of nitrogens with zero attached hydrogens (tertiary/aromatic N) is 2. The summed E-state index contributed by atoms with van der Waals surface area (Å²) < 4.78 is 5.44. The lowest BCUT2D eigenvalue weighted by Gasteiger charge is -2.10. The number of furan rings is 1. The zero-order valence-corrected chi connectivity index (χ0v) is 19.2. The molecule has 0 spiro atoms. The minimum atomic E-state index is -0.543. The van der Waals surface area contributed by atoms with E-state index >= 15 is 0 Å². The van der Waals surface area contributed by atoms with Crippen LogP contribution in [0.25, 0.3) is 0 Å². The predicted molar refractivity (Wildman–Crippen MR) is 129 cm³/mol. The van der Waals surface area contributed by atoms with Crippen molar-refractivity contribution in [2.45, 2.75) is 27.7 Å². The van der Waals surface area contributed by atoms with Crippen LogP contribution >= 0.6 is 0 Å². The van der Waals surface area contributed by atoms with Crippen LogP contribution in [-0.2, 0) is 0 Å². The first-order valence-corrected chi connectivity index (χ1v) is 10.8. The standard InChI is InChI=1S/C26H28N4O3/c1-17(2)23(19-11-7-5-8-12-19)27-29-25(31)21-15-16-22(33-21)26(32)30-28-24(18(3)4)20-13-9-6-10-14-20/h5-18H,1-4H3,(H,29,31)(H,30,32). The van der Waals surface area contributed by atoms with Gasteiger partial charge >= 0.3 is 11.8 Å². The average Bonchev–Trinajstić information content (AvgIpc) is 3.31.